The summed E-state index contributed by atoms with van der Waals surface area (Å²) in [6.07, 6.45) is 0. The van der Waals surface area contributed by atoms with Crippen LogP contribution in [0.25, 0.3) is 0 Å². The molecular formula is C9H11N3O3. The van der Waals surface area contributed by atoms with E-state index in [0.717, 1.165) is 0 Å². The number of carbonyl (C=O) groups is 1. The topological polar surface area (TPSA) is 79.4 Å². The van der Waals surface area contributed by atoms with Gasteiger partial charge in [-0.05, 0) is 0 Å². The SMILES string of the molecule is COCc1cc(C(=O)N(C)CC#N)no1. The van der Waals surface area contributed by atoms with Crippen LogP contribution in [-0.4, -0.2) is 36.7 Å². The second-order valence-corrected chi connectivity index (χ2v) is 2.93. The van der Waals surface area contributed by atoms with Crippen LogP contribution >= 0.6 is 0 Å². The average Bonchev–Trinajstić information content (AvgIpc) is 2.66. The molecule has 1 aromatic heterocycles. The third-order valence-corrected chi connectivity index (χ3v) is 1.72. The first kappa shape index (κ1) is 11.2. The van der Waals surface area contributed by atoms with Gasteiger partial charge in [0.1, 0.15) is 13.2 Å². The first-order valence-corrected chi connectivity index (χ1v) is 4.26. The molecule has 6 nitrogen and oxygen atoms in total. The first-order chi connectivity index (χ1) is 7.19. The Morgan fingerprint density at radius 1 is 1.80 bits per heavy atom. The normalized spacial score (nSPS) is 9.67. The zero-order valence-electron chi connectivity index (χ0n) is 8.56. The predicted molar refractivity (Wildman–Crippen MR) is 49.8 cm³/mol. The van der Waals surface area contributed by atoms with Gasteiger partial charge in [-0.2, -0.15) is 5.26 Å². The van der Waals surface area contributed by atoms with Gasteiger partial charge >= 0.3 is 0 Å². The van der Waals surface area contributed by atoms with E-state index >= 15 is 0 Å². The lowest BCUT2D eigenvalue weighted by atomic mass is 10.3. The molecule has 1 aromatic rings. The van der Waals surface area contributed by atoms with E-state index < -0.39 is 0 Å². The largest absolute Gasteiger partial charge is 0.377 e. The van der Waals surface area contributed by atoms with Crippen molar-refractivity contribution in [2.24, 2.45) is 0 Å². The van der Waals surface area contributed by atoms with E-state index in [2.05, 4.69) is 5.16 Å². The Hall–Kier alpha value is -1.87. The van der Waals surface area contributed by atoms with E-state index in [0.29, 0.717) is 5.76 Å². The van der Waals surface area contributed by atoms with Crippen LogP contribution in [-0.2, 0) is 11.3 Å². The molecule has 0 aliphatic rings. The van der Waals surface area contributed by atoms with Gasteiger partial charge in [-0.1, -0.05) is 5.16 Å². The first-order valence-electron chi connectivity index (χ1n) is 4.26. The highest BCUT2D eigenvalue weighted by molar-refractivity contribution is 5.92. The van der Waals surface area contributed by atoms with E-state index in [1.807, 2.05) is 6.07 Å². The zero-order valence-corrected chi connectivity index (χ0v) is 8.56. The fourth-order valence-corrected chi connectivity index (χ4v) is 0.997. The number of nitrogens with zero attached hydrogens (tertiary/aromatic N) is 3. The molecule has 6 heteroatoms. The van der Waals surface area contributed by atoms with Gasteiger partial charge in [0.05, 0.1) is 6.07 Å². The number of nitriles is 1. The third-order valence-electron chi connectivity index (χ3n) is 1.72. The molecule has 0 radical (unpaired) electrons. The van der Waals surface area contributed by atoms with Gasteiger partial charge in [0.15, 0.2) is 11.5 Å². The van der Waals surface area contributed by atoms with Crippen LogP contribution in [0, 0.1) is 11.3 Å². The summed E-state index contributed by atoms with van der Waals surface area (Å²) in [5, 5.41) is 12.0. The van der Waals surface area contributed by atoms with Gasteiger partial charge in [0, 0.05) is 20.2 Å². The molecule has 80 valence electrons. The third kappa shape index (κ3) is 2.79. The van der Waals surface area contributed by atoms with Gasteiger partial charge in [-0.25, -0.2) is 0 Å². The van der Waals surface area contributed by atoms with Gasteiger partial charge in [0.2, 0.25) is 0 Å². The summed E-state index contributed by atoms with van der Waals surface area (Å²) >= 11 is 0. The molecule has 0 saturated heterocycles. The molecule has 0 atom stereocenters. The second kappa shape index (κ2) is 5.12. The highest BCUT2D eigenvalue weighted by Gasteiger charge is 2.16. The van der Waals surface area contributed by atoms with Gasteiger partial charge in [-0.15, -0.1) is 0 Å². The van der Waals surface area contributed by atoms with E-state index in [1.165, 1.54) is 25.1 Å². The van der Waals surface area contributed by atoms with Crippen molar-refractivity contribution >= 4 is 5.91 Å². The van der Waals surface area contributed by atoms with Gasteiger partial charge in [0.25, 0.3) is 5.91 Å². The zero-order chi connectivity index (χ0) is 11.3. The van der Waals surface area contributed by atoms with Crippen molar-refractivity contribution in [2.45, 2.75) is 6.61 Å². The number of hydrogen-bond donors (Lipinski definition) is 0. The Balaban J connectivity index is 2.70. The van der Waals surface area contributed by atoms with Crippen LogP contribution in [0.4, 0.5) is 0 Å². The minimum atomic E-state index is -0.345. The van der Waals surface area contributed by atoms with Crippen molar-refractivity contribution in [2.75, 3.05) is 20.7 Å². The number of hydrogen-bond acceptors (Lipinski definition) is 5. The molecular weight excluding hydrogens is 198 g/mol. The van der Waals surface area contributed by atoms with Crippen molar-refractivity contribution in [1.29, 1.82) is 5.26 Å². The molecule has 0 saturated carbocycles. The van der Waals surface area contributed by atoms with Crippen LogP contribution in [0.3, 0.4) is 0 Å². The smallest absolute Gasteiger partial charge is 0.276 e. The summed E-state index contributed by atoms with van der Waals surface area (Å²) in [5.41, 5.74) is 0.180. The van der Waals surface area contributed by atoms with Crippen LogP contribution in [0.5, 0.6) is 0 Å². The minimum Gasteiger partial charge on any atom is -0.377 e. The molecule has 0 fully saturated rings. The molecule has 0 aliphatic carbocycles. The van der Waals surface area contributed by atoms with Crippen molar-refractivity contribution in [3.63, 3.8) is 0 Å². The van der Waals surface area contributed by atoms with Crippen molar-refractivity contribution in [3.8, 4) is 6.07 Å². The number of rotatable bonds is 4. The standard InChI is InChI=1S/C9H11N3O3/c1-12(4-3-10)9(13)8-5-7(6-14-2)15-11-8/h5H,4,6H2,1-2H3. The summed E-state index contributed by atoms with van der Waals surface area (Å²) < 4.78 is 9.67. The lowest BCUT2D eigenvalue weighted by molar-refractivity contribution is 0.0801. The van der Waals surface area contributed by atoms with Crippen LogP contribution in [0.1, 0.15) is 16.2 Å². The molecule has 0 unspecified atom stereocenters. The molecule has 0 bridgehead atoms. The predicted octanol–water partition coefficient (Wildman–Crippen LogP) is 0.417. The number of aromatic nitrogens is 1. The Kier molecular flexibility index (Phi) is 3.83. The lowest BCUT2D eigenvalue weighted by Gasteiger charge is -2.09. The maximum atomic E-state index is 11.6. The monoisotopic (exact) mass is 209 g/mol. The van der Waals surface area contributed by atoms with Gasteiger partial charge < -0.3 is 14.2 Å². The summed E-state index contributed by atoms with van der Waals surface area (Å²) in [5.74, 6) is 0.133. The Bertz CT molecular complexity index is 380. The fourth-order valence-electron chi connectivity index (χ4n) is 0.997. The van der Waals surface area contributed by atoms with Crippen molar-refractivity contribution in [3.05, 3.63) is 17.5 Å². The molecule has 0 aliphatic heterocycles. The number of amides is 1. The van der Waals surface area contributed by atoms with Gasteiger partial charge in [-0.3, -0.25) is 4.79 Å². The highest BCUT2D eigenvalue weighted by atomic mass is 16.5. The number of carbonyl (C=O) groups excluding carboxylic acids is 1. The summed E-state index contributed by atoms with van der Waals surface area (Å²) in [7, 11) is 3.04. The highest BCUT2D eigenvalue weighted by Crippen LogP contribution is 2.06. The lowest BCUT2D eigenvalue weighted by Crippen LogP contribution is -2.27. The van der Waals surface area contributed by atoms with Crippen LogP contribution in [0.2, 0.25) is 0 Å². The summed E-state index contributed by atoms with van der Waals surface area (Å²) in [4.78, 5) is 12.8. The number of methoxy groups -OCH3 is 1. The average molecular weight is 209 g/mol. The van der Waals surface area contributed by atoms with E-state index in [-0.39, 0.29) is 24.8 Å². The maximum Gasteiger partial charge on any atom is 0.276 e. The van der Waals surface area contributed by atoms with E-state index in [1.54, 1.807) is 0 Å². The summed E-state index contributed by atoms with van der Waals surface area (Å²) in [6, 6.07) is 3.37. The van der Waals surface area contributed by atoms with Crippen LogP contribution in [0.15, 0.2) is 10.6 Å². The van der Waals surface area contributed by atoms with Crippen molar-refractivity contribution in [1.82, 2.24) is 10.1 Å². The van der Waals surface area contributed by atoms with E-state index in [4.69, 9.17) is 14.5 Å². The second-order valence-electron chi connectivity index (χ2n) is 2.93. The minimum absolute atomic E-state index is 0.0192. The van der Waals surface area contributed by atoms with Crippen molar-refractivity contribution < 1.29 is 14.1 Å². The molecule has 0 N–H and O–H groups in total. The van der Waals surface area contributed by atoms with E-state index in [9.17, 15) is 4.79 Å². The molecule has 0 aromatic carbocycles. The Morgan fingerprint density at radius 2 is 2.53 bits per heavy atom. The Morgan fingerprint density at radius 3 is 3.13 bits per heavy atom. The number of ether oxygens (including phenoxy) is 1. The molecule has 1 amide bonds. The fraction of sp³-hybridized carbons (Fsp3) is 0.444. The quantitative estimate of drug-likeness (QED) is 0.671. The molecule has 15 heavy (non-hydrogen) atoms. The molecule has 0 spiro atoms. The maximum absolute atomic E-state index is 11.6. The molecule has 1 rings (SSSR count). The summed E-state index contributed by atoms with van der Waals surface area (Å²) in [6.45, 7) is 0.285. The Labute approximate surface area is 87.0 Å². The molecule has 1 heterocycles. The van der Waals surface area contributed by atoms with Crippen LogP contribution < -0.4 is 0 Å².